The van der Waals surface area contributed by atoms with Crippen LogP contribution < -0.4 is 20.2 Å². The van der Waals surface area contributed by atoms with E-state index in [0.717, 1.165) is 11.1 Å². The Bertz CT molecular complexity index is 1370. The average molecular weight is 427 g/mol. The summed E-state index contributed by atoms with van der Waals surface area (Å²) in [4.78, 5) is 26.1. The quantitative estimate of drug-likeness (QED) is 0.520. The maximum Gasteiger partial charge on any atom is 0.255 e. The number of benzene rings is 3. The molecule has 1 amide bonds. The minimum absolute atomic E-state index is 0.151. The van der Waals surface area contributed by atoms with Gasteiger partial charge in [0, 0.05) is 23.2 Å². The maximum atomic E-state index is 13.1. The van der Waals surface area contributed by atoms with E-state index in [9.17, 15) is 9.59 Å². The maximum absolute atomic E-state index is 13.1. The lowest BCUT2D eigenvalue weighted by atomic mass is 10.0. The molecule has 4 aromatic rings. The normalized spacial score (nSPS) is 12.5. The van der Waals surface area contributed by atoms with Crippen LogP contribution in [0.2, 0.25) is 0 Å². The van der Waals surface area contributed by atoms with E-state index in [1.807, 2.05) is 48.5 Å². The molecule has 160 valence electrons. The number of para-hydroxylation sites is 2. The monoisotopic (exact) mass is 427 g/mol. The van der Waals surface area contributed by atoms with Crippen LogP contribution in [0.15, 0.2) is 75.9 Å². The standard InChI is InChI=1S/C26H21NO5/c1-16-22(28)19-10-6-11-20(25(19)32-23(16)17-7-3-2-4-8-17)26(29)27-15-18-9-5-12-21-24(18)31-14-13-30-21/h2-12H,13-15H2,1H3,(H,27,29). The van der Waals surface area contributed by atoms with Gasteiger partial charge in [-0.05, 0) is 25.1 Å². The highest BCUT2D eigenvalue weighted by atomic mass is 16.6. The number of fused-ring (bicyclic) bond motifs is 2. The van der Waals surface area contributed by atoms with Gasteiger partial charge in [0.05, 0.1) is 10.9 Å². The first-order chi connectivity index (χ1) is 15.6. The SMILES string of the molecule is Cc1c(-c2ccccc2)oc2c(C(=O)NCc3cccc4c3OCCO4)cccc2c1=O. The molecule has 0 bridgehead atoms. The van der Waals surface area contributed by atoms with Crippen molar-refractivity contribution in [2.24, 2.45) is 0 Å². The van der Waals surface area contributed by atoms with Gasteiger partial charge >= 0.3 is 0 Å². The van der Waals surface area contributed by atoms with Crippen LogP contribution in [0, 0.1) is 6.92 Å². The summed E-state index contributed by atoms with van der Waals surface area (Å²) in [7, 11) is 0. The van der Waals surface area contributed by atoms with Gasteiger partial charge in [-0.3, -0.25) is 9.59 Å². The van der Waals surface area contributed by atoms with Crippen LogP contribution in [0.5, 0.6) is 11.5 Å². The molecule has 6 heteroatoms. The van der Waals surface area contributed by atoms with Crippen LogP contribution >= 0.6 is 0 Å². The zero-order valence-corrected chi connectivity index (χ0v) is 17.5. The summed E-state index contributed by atoms with van der Waals surface area (Å²) in [6.07, 6.45) is 0. The Labute approximate surface area is 184 Å². The lowest BCUT2D eigenvalue weighted by molar-refractivity contribution is 0.0950. The van der Waals surface area contributed by atoms with Gasteiger partial charge in [0.2, 0.25) is 0 Å². The Hall–Kier alpha value is -4.06. The molecule has 0 saturated heterocycles. The number of nitrogens with one attached hydrogen (secondary N) is 1. The molecule has 1 N–H and O–H groups in total. The van der Waals surface area contributed by atoms with Crippen LogP contribution in [0.4, 0.5) is 0 Å². The highest BCUT2D eigenvalue weighted by Gasteiger charge is 2.20. The molecule has 0 unspecified atom stereocenters. The van der Waals surface area contributed by atoms with Crippen molar-refractivity contribution in [3.63, 3.8) is 0 Å². The lowest BCUT2D eigenvalue weighted by Crippen LogP contribution is -2.25. The summed E-state index contributed by atoms with van der Waals surface area (Å²) in [5.41, 5.74) is 2.54. The molecule has 2 heterocycles. The zero-order chi connectivity index (χ0) is 22.1. The van der Waals surface area contributed by atoms with Gasteiger partial charge in [0.1, 0.15) is 19.0 Å². The van der Waals surface area contributed by atoms with Gasteiger partial charge in [-0.15, -0.1) is 0 Å². The Morgan fingerprint density at radius 3 is 2.56 bits per heavy atom. The van der Waals surface area contributed by atoms with Crippen LogP contribution in [0.3, 0.4) is 0 Å². The van der Waals surface area contributed by atoms with Crippen molar-refractivity contribution >= 4 is 16.9 Å². The minimum atomic E-state index is -0.337. The molecular weight excluding hydrogens is 406 g/mol. The third kappa shape index (κ3) is 3.50. The van der Waals surface area contributed by atoms with Crippen LogP contribution in [0.25, 0.3) is 22.3 Å². The predicted molar refractivity (Wildman–Crippen MR) is 121 cm³/mol. The summed E-state index contributed by atoms with van der Waals surface area (Å²) in [6.45, 7) is 2.96. The Morgan fingerprint density at radius 2 is 1.72 bits per heavy atom. The summed E-state index contributed by atoms with van der Waals surface area (Å²) in [5.74, 6) is 1.44. The van der Waals surface area contributed by atoms with E-state index >= 15 is 0 Å². The molecule has 0 spiro atoms. The third-order valence-electron chi connectivity index (χ3n) is 5.51. The van der Waals surface area contributed by atoms with Gasteiger partial charge in [-0.1, -0.05) is 48.5 Å². The van der Waals surface area contributed by atoms with Crippen molar-refractivity contribution < 1.29 is 18.7 Å². The second-order valence-corrected chi connectivity index (χ2v) is 7.56. The Morgan fingerprint density at radius 1 is 0.938 bits per heavy atom. The molecule has 0 fully saturated rings. The third-order valence-corrected chi connectivity index (χ3v) is 5.51. The topological polar surface area (TPSA) is 77.8 Å². The van der Waals surface area contributed by atoms with Crippen LogP contribution in [0.1, 0.15) is 21.5 Å². The van der Waals surface area contributed by atoms with Gasteiger partial charge in [-0.2, -0.15) is 0 Å². The molecule has 5 rings (SSSR count). The van der Waals surface area contributed by atoms with Gasteiger partial charge in [-0.25, -0.2) is 0 Å². The molecule has 1 aromatic heterocycles. The zero-order valence-electron chi connectivity index (χ0n) is 17.5. The van der Waals surface area contributed by atoms with E-state index in [1.165, 1.54) is 0 Å². The van der Waals surface area contributed by atoms with Crippen LogP contribution in [-0.4, -0.2) is 19.1 Å². The smallest absolute Gasteiger partial charge is 0.255 e. The number of hydrogen-bond acceptors (Lipinski definition) is 5. The first-order valence-electron chi connectivity index (χ1n) is 10.4. The van der Waals surface area contributed by atoms with E-state index in [2.05, 4.69) is 5.32 Å². The van der Waals surface area contributed by atoms with Gasteiger partial charge < -0.3 is 19.2 Å². The van der Waals surface area contributed by atoms with E-state index in [-0.39, 0.29) is 23.5 Å². The molecule has 0 radical (unpaired) electrons. The highest BCUT2D eigenvalue weighted by molar-refractivity contribution is 6.05. The molecular formula is C26H21NO5. The van der Waals surface area contributed by atoms with Crippen molar-refractivity contribution in [1.82, 2.24) is 5.32 Å². The van der Waals surface area contributed by atoms with Crippen molar-refractivity contribution in [2.45, 2.75) is 13.5 Å². The Kier molecular flexibility index (Phi) is 5.11. The highest BCUT2D eigenvalue weighted by Crippen LogP contribution is 2.33. The lowest BCUT2D eigenvalue weighted by Gasteiger charge is -2.21. The molecule has 1 aliphatic heterocycles. The van der Waals surface area contributed by atoms with E-state index in [4.69, 9.17) is 13.9 Å². The predicted octanol–water partition coefficient (Wildman–Crippen LogP) is 4.47. The van der Waals surface area contributed by atoms with E-state index in [0.29, 0.717) is 47.0 Å². The minimum Gasteiger partial charge on any atom is -0.486 e. The number of amides is 1. The second kappa shape index (κ2) is 8.23. The molecule has 1 aliphatic rings. The molecule has 3 aromatic carbocycles. The summed E-state index contributed by atoms with van der Waals surface area (Å²) in [6, 6.07) is 20.0. The number of carbonyl (C=O) groups excluding carboxylic acids is 1. The fourth-order valence-corrected chi connectivity index (χ4v) is 3.90. The van der Waals surface area contributed by atoms with Crippen molar-refractivity contribution in [3.8, 4) is 22.8 Å². The molecule has 0 atom stereocenters. The van der Waals surface area contributed by atoms with Crippen molar-refractivity contribution in [2.75, 3.05) is 13.2 Å². The summed E-state index contributed by atoms with van der Waals surface area (Å²) < 4.78 is 17.5. The second-order valence-electron chi connectivity index (χ2n) is 7.56. The molecule has 0 aliphatic carbocycles. The van der Waals surface area contributed by atoms with Gasteiger partial charge in [0.25, 0.3) is 5.91 Å². The summed E-state index contributed by atoms with van der Waals surface area (Å²) in [5, 5.41) is 3.29. The number of hydrogen-bond donors (Lipinski definition) is 1. The van der Waals surface area contributed by atoms with Crippen molar-refractivity contribution in [1.29, 1.82) is 0 Å². The first kappa shape index (κ1) is 19.9. The molecule has 0 saturated carbocycles. The molecule has 32 heavy (non-hydrogen) atoms. The fourth-order valence-electron chi connectivity index (χ4n) is 3.90. The number of carbonyl (C=O) groups is 1. The van der Waals surface area contributed by atoms with Gasteiger partial charge in [0.15, 0.2) is 22.5 Å². The average Bonchev–Trinajstić information content (AvgIpc) is 2.85. The Balaban J connectivity index is 1.51. The van der Waals surface area contributed by atoms with Crippen molar-refractivity contribution in [3.05, 3.63) is 93.6 Å². The first-order valence-corrected chi connectivity index (χ1v) is 10.4. The molecule has 6 nitrogen and oxygen atoms in total. The summed E-state index contributed by atoms with van der Waals surface area (Å²) >= 11 is 0. The largest absolute Gasteiger partial charge is 0.486 e. The number of ether oxygens (including phenoxy) is 2. The van der Waals surface area contributed by atoms with Crippen LogP contribution in [-0.2, 0) is 6.54 Å². The van der Waals surface area contributed by atoms with E-state index in [1.54, 1.807) is 25.1 Å². The fraction of sp³-hybridized carbons (Fsp3) is 0.154. The van der Waals surface area contributed by atoms with E-state index < -0.39 is 0 Å². The number of rotatable bonds is 4.